The van der Waals surface area contributed by atoms with Crippen molar-refractivity contribution in [3.05, 3.63) is 51.5 Å². The van der Waals surface area contributed by atoms with Crippen LogP contribution in [0.25, 0.3) is 6.08 Å². The first-order valence-corrected chi connectivity index (χ1v) is 3.67. The number of halogens is 1. The summed E-state index contributed by atoms with van der Waals surface area (Å²) in [4.78, 5) is 9.36. The van der Waals surface area contributed by atoms with Crippen molar-refractivity contribution in [1.82, 2.24) is 0 Å². The first-order valence-electron chi connectivity index (χ1n) is 3.67. The van der Waals surface area contributed by atoms with Gasteiger partial charge in [-0.15, -0.1) is 0 Å². The van der Waals surface area contributed by atoms with E-state index >= 15 is 0 Å². The van der Waals surface area contributed by atoms with Crippen molar-refractivity contribution in [2.75, 3.05) is 0 Å². The van der Waals surface area contributed by atoms with Gasteiger partial charge in [0.1, 0.15) is 5.82 Å². The molecule has 0 aromatic heterocycles. The minimum Gasteiger partial charge on any atom is -0.259 e. The molecule has 0 atom stereocenters. The molecule has 0 aliphatic carbocycles. The van der Waals surface area contributed by atoms with E-state index in [1.807, 2.05) is 0 Å². The summed E-state index contributed by atoms with van der Waals surface area (Å²) in [6.45, 7) is 1.64. The third-order valence-corrected chi connectivity index (χ3v) is 1.58. The fourth-order valence-electron chi connectivity index (χ4n) is 0.860. The number of hydrogen-bond acceptors (Lipinski definition) is 2. The third-order valence-electron chi connectivity index (χ3n) is 1.58. The smallest absolute Gasteiger partial charge is 0.235 e. The number of benzene rings is 1. The Bertz CT molecular complexity index is 361. The lowest BCUT2D eigenvalue weighted by Gasteiger charge is -1.95. The van der Waals surface area contributed by atoms with Gasteiger partial charge in [-0.1, -0.05) is 12.1 Å². The van der Waals surface area contributed by atoms with Gasteiger partial charge in [-0.2, -0.15) is 0 Å². The predicted molar refractivity (Wildman–Crippen MR) is 47.2 cm³/mol. The van der Waals surface area contributed by atoms with Crippen molar-refractivity contribution < 1.29 is 9.31 Å². The number of nitro groups is 1. The van der Waals surface area contributed by atoms with Gasteiger partial charge < -0.3 is 0 Å². The van der Waals surface area contributed by atoms with Gasteiger partial charge >= 0.3 is 0 Å². The average molecular weight is 181 g/mol. The molecule has 0 heterocycles. The Kier molecular flexibility index (Phi) is 2.74. The monoisotopic (exact) mass is 181 g/mol. The van der Waals surface area contributed by atoms with Crippen molar-refractivity contribution in [1.29, 1.82) is 0 Å². The normalized spacial score (nSPS) is 10.6. The van der Waals surface area contributed by atoms with Crippen LogP contribution in [-0.4, -0.2) is 4.92 Å². The van der Waals surface area contributed by atoms with Crippen LogP contribution >= 0.6 is 0 Å². The van der Waals surface area contributed by atoms with Gasteiger partial charge in [0.15, 0.2) is 0 Å². The molecule has 0 spiro atoms. The van der Waals surface area contributed by atoms with Crippen LogP contribution < -0.4 is 0 Å². The Morgan fingerprint density at radius 1 is 1.54 bits per heavy atom. The van der Waals surface area contributed by atoms with E-state index in [-0.39, 0.29) is 5.82 Å². The molecule has 1 aromatic carbocycles. The van der Waals surface area contributed by atoms with Gasteiger partial charge in [0.2, 0.25) is 6.20 Å². The van der Waals surface area contributed by atoms with Crippen molar-refractivity contribution in [3.63, 3.8) is 0 Å². The molecule has 0 N–H and O–H groups in total. The second-order valence-electron chi connectivity index (χ2n) is 2.61. The van der Waals surface area contributed by atoms with E-state index in [1.54, 1.807) is 19.1 Å². The van der Waals surface area contributed by atoms with Crippen LogP contribution in [0.4, 0.5) is 4.39 Å². The van der Waals surface area contributed by atoms with E-state index in [9.17, 15) is 14.5 Å². The number of aryl methyl sites for hydroxylation is 1. The van der Waals surface area contributed by atoms with Gasteiger partial charge in [-0.25, -0.2) is 4.39 Å². The lowest BCUT2D eigenvalue weighted by Crippen LogP contribution is -1.85. The second kappa shape index (κ2) is 3.80. The van der Waals surface area contributed by atoms with E-state index in [1.165, 1.54) is 12.1 Å². The fraction of sp³-hybridized carbons (Fsp3) is 0.111. The number of rotatable bonds is 2. The molecule has 0 fully saturated rings. The summed E-state index contributed by atoms with van der Waals surface area (Å²) in [7, 11) is 0. The molecule has 3 nitrogen and oxygen atoms in total. The van der Waals surface area contributed by atoms with Crippen LogP contribution in [-0.2, 0) is 0 Å². The average Bonchev–Trinajstić information content (AvgIpc) is 2.07. The molecule has 0 saturated heterocycles. The van der Waals surface area contributed by atoms with Gasteiger partial charge in [0, 0.05) is 6.08 Å². The first-order chi connectivity index (χ1) is 6.09. The summed E-state index contributed by atoms with van der Waals surface area (Å²) in [5.74, 6) is -0.356. The molecule has 13 heavy (non-hydrogen) atoms. The fourth-order valence-corrected chi connectivity index (χ4v) is 0.860. The standard InChI is InChI=1S/C9H8FNO2/c1-7-2-3-8(6-9(7)10)4-5-11(12)13/h2-6H,1H3. The highest BCUT2D eigenvalue weighted by Crippen LogP contribution is 2.10. The Labute approximate surface area is 74.7 Å². The maximum absolute atomic E-state index is 12.9. The molecule has 0 amide bonds. The van der Waals surface area contributed by atoms with Gasteiger partial charge in [0.25, 0.3) is 0 Å². The van der Waals surface area contributed by atoms with Crippen molar-refractivity contribution in [3.8, 4) is 0 Å². The van der Waals surface area contributed by atoms with Crippen LogP contribution in [0, 0.1) is 22.9 Å². The lowest BCUT2D eigenvalue weighted by molar-refractivity contribution is -0.400. The Morgan fingerprint density at radius 2 is 2.23 bits per heavy atom. The zero-order valence-electron chi connectivity index (χ0n) is 7.03. The van der Waals surface area contributed by atoms with Crippen LogP contribution in [0.3, 0.4) is 0 Å². The molecule has 0 radical (unpaired) electrons. The molecule has 1 rings (SSSR count). The summed E-state index contributed by atoms with van der Waals surface area (Å²) in [6, 6.07) is 4.46. The van der Waals surface area contributed by atoms with E-state index in [0.29, 0.717) is 11.1 Å². The molecule has 0 unspecified atom stereocenters. The molecule has 4 heteroatoms. The van der Waals surface area contributed by atoms with E-state index in [0.717, 1.165) is 6.20 Å². The van der Waals surface area contributed by atoms with Crippen molar-refractivity contribution in [2.45, 2.75) is 6.92 Å². The van der Waals surface area contributed by atoms with Crippen LogP contribution in [0.1, 0.15) is 11.1 Å². The summed E-state index contributed by atoms with van der Waals surface area (Å²) < 4.78 is 12.9. The van der Waals surface area contributed by atoms with E-state index in [4.69, 9.17) is 0 Å². The first kappa shape index (κ1) is 9.38. The maximum atomic E-state index is 12.9. The van der Waals surface area contributed by atoms with E-state index in [2.05, 4.69) is 0 Å². The van der Waals surface area contributed by atoms with Gasteiger partial charge in [0.05, 0.1) is 4.92 Å². The van der Waals surface area contributed by atoms with Crippen molar-refractivity contribution in [2.24, 2.45) is 0 Å². The SMILES string of the molecule is Cc1ccc(C=C[N+](=O)[O-])cc1F. The third kappa shape index (κ3) is 2.66. The largest absolute Gasteiger partial charge is 0.259 e. The molecular formula is C9H8FNO2. The molecule has 1 aromatic rings. The summed E-state index contributed by atoms with van der Waals surface area (Å²) in [6.07, 6.45) is 2.03. The van der Waals surface area contributed by atoms with E-state index < -0.39 is 4.92 Å². The highest BCUT2D eigenvalue weighted by atomic mass is 19.1. The molecule has 0 aliphatic heterocycles. The Balaban J connectivity index is 2.92. The molecular weight excluding hydrogens is 173 g/mol. The minimum absolute atomic E-state index is 0.356. The Morgan fingerprint density at radius 3 is 2.77 bits per heavy atom. The van der Waals surface area contributed by atoms with Gasteiger partial charge in [-0.05, 0) is 24.1 Å². The zero-order chi connectivity index (χ0) is 9.84. The molecule has 68 valence electrons. The highest BCUT2D eigenvalue weighted by Gasteiger charge is 1.97. The minimum atomic E-state index is -0.586. The number of hydrogen-bond donors (Lipinski definition) is 0. The van der Waals surface area contributed by atoms with Gasteiger partial charge in [-0.3, -0.25) is 10.1 Å². The van der Waals surface area contributed by atoms with Crippen LogP contribution in [0.5, 0.6) is 0 Å². The Hall–Kier alpha value is -1.71. The maximum Gasteiger partial charge on any atom is 0.235 e. The van der Waals surface area contributed by atoms with Crippen molar-refractivity contribution >= 4 is 6.08 Å². The molecule has 0 bridgehead atoms. The predicted octanol–water partition coefficient (Wildman–Crippen LogP) is 2.38. The topological polar surface area (TPSA) is 43.1 Å². The quantitative estimate of drug-likeness (QED) is 0.519. The molecule has 0 aliphatic rings. The summed E-state index contributed by atoms with van der Waals surface area (Å²) >= 11 is 0. The zero-order valence-corrected chi connectivity index (χ0v) is 7.03. The van der Waals surface area contributed by atoms with Crippen LogP contribution in [0.15, 0.2) is 24.4 Å². The summed E-state index contributed by atoms with van der Waals surface area (Å²) in [5, 5.41) is 9.95. The van der Waals surface area contributed by atoms with Crippen LogP contribution in [0.2, 0.25) is 0 Å². The lowest BCUT2D eigenvalue weighted by atomic mass is 10.1. The summed E-state index contributed by atoms with van der Waals surface area (Å²) in [5.41, 5.74) is 1.01. The molecule has 0 saturated carbocycles. The number of nitrogens with zero attached hydrogens (tertiary/aromatic N) is 1. The highest BCUT2D eigenvalue weighted by molar-refractivity contribution is 5.48. The second-order valence-corrected chi connectivity index (χ2v) is 2.61.